The second kappa shape index (κ2) is 5.68. The predicted octanol–water partition coefficient (Wildman–Crippen LogP) is 5.70. The monoisotopic (exact) mass is 344 g/mol. The molecule has 0 amide bonds. The zero-order valence-corrected chi connectivity index (χ0v) is 16.9. The molecule has 0 aromatic rings. The van der Waals surface area contributed by atoms with Crippen LogP contribution in [-0.4, -0.2) is 17.5 Å². The molecular weight excluding hydrogens is 308 g/mol. The first-order chi connectivity index (χ1) is 11.6. The zero-order chi connectivity index (χ0) is 18.0. The van der Waals surface area contributed by atoms with Gasteiger partial charge in [-0.3, -0.25) is 4.79 Å². The quantitative estimate of drug-likeness (QED) is 0.570. The van der Waals surface area contributed by atoms with Crippen LogP contribution in [0.1, 0.15) is 86.0 Å². The van der Waals surface area contributed by atoms with Crippen molar-refractivity contribution >= 4 is 5.78 Å². The minimum absolute atomic E-state index is 0.00455. The third-order valence-electron chi connectivity index (χ3n) is 8.29. The number of rotatable bonds is 1. The minimum Gasteiger partial charge on any atom is -0.372 e. The Morgan fingerprint density at radius 3 is 2.44 bits per heavy atom. The molecule has 6 atom stereocenters. The molecule has 0 bridgehead atoms. The van der Waals surface area contributed by atoms with Crippen LogP contribution >= 0.6 is 0 Å². The lowest BCUT2D eigenvalue weighted by Gasteiger charge is -2.57. The molecule has 3 saturated carbocycles. The highest BCUT2D eigenvalue weighted by Gasteiger charge is 2.58. The zero-order valence-electron chi connectivity index (χ0n) is 16.9. The minimum atomic E-state index is -0.0486. The predicted molar refractivity (Wildman–Crippen MR) is 101 cm³/mol. The summed E-state index contributed by atoms with van der Waals surface area (Å²) in [4.78, 5) is 12.5. The number of hydrogen-bond donors (Lipinski definition) is 0. The molecule has 0 aliphatic heterocycles. The van der Waals surface area contributed by atoms with Crippen molar-refractivity contribution in [1.29, 1.82) is 0 Å². The van der Waals surface area contributed by atoms with E-state index >= 15 is 0 Å². The average molecular weight is 345 g/mol. The Morgan fingerprint density at radius 2 is 1.72 bits per heavy atom. The second-order valence-electron chi connectivity index (χ2n) is 10.8. The van der Waals surface area contributed by atoms with Gasteiger partial charge >= 0.3 is 0 Å². The van der Waals surface area contributed by atoms with Gasteiger partial charge in [0.1, 0.15) is 5.78 Å². The van der Waals surface area contributed by atoms with Crippen molar-refractivity contribution in [3.63, 3.8) is 0 Å². The summed E-state index contributed by atoms with van der Waals surface area (Å²) in [7, 11) is 0. The molecular formula is C23H36O2. The van der Waals surface area contributed by atoms with Crippen molar-refractivity contribution in [3.8, 4) is 0 Å². The van der Waals surface area contributed by atoms with Crippen molar-refractivity contribution < 1.29 is 9.53 Å². The van der Waals surface area contributed by atoms with E-state index in [0.29, 0.717) is 23.2 Å². The van der Waals surface area contributed by atoms with Crippen molar-refractivity contribution in [2.24, 2.45) is 28.6 Å². The maximum atomic E-state index is 12.5. The molecule has 0 N–H and O–H groups in total. The fourth-order valence-corrected chi connectivity index (χ4v) is 7.00. The molecule has 4 aliphatic carbocycles. The van der Waals surface area contributed by atoms with Crippen LogP contribution in [0.2, 0.25) is 0 Å². The first kappa shape index (κ1) is 17.8. The van der Waals surface area contributed by atoms with Gasteiger partial charge in [-0.25, -0.2) is 0 Å². The Kier molecular flexibility index (Phi) is 4.04. The van der Waals surface area contributed by atoms with E-state index in [2.05, 4.69) is 40.7 Å². The molecule has 4 rings (SSSR count). The van der Waals surface area contributed by atoms with Crippen molar-refractivity contribution in [3.05, 3.63) is 11.6 Å². The Bertz CT molecular complexity index is 598. The summed E-state index contributed by atoms with van der Waals surface area (Å²) in [5.74, 6) is 2.71. The molecule has 2 heteroatoms. The van der Waals surface area contributed by atoms with E-state index in [1.807, 2.05) is 0 Å². The SMILES string of the molecule is CC(C)(C)O[C@H]1CC[C@@]2(C)C(=CC[C@@H]3[C@H]4CCC(=O)[C@]4(C)CC[C@H]32)C1. The fraction of sp³-hybridized carbons (Fsp3) is 0.870. The van der Waals surface area contributed by atoms with E-state index in [4.69, 9.17) is 4.74 Å². The summed E-state index contributed by atoms with van der Waals surface area (Å²) in [6.07, 6.45) is 12.1. The number of carbonyl (C=O) groups is 1. The molecule has 3 fully saturated rings. The third-order valence-corrected chi connectivity index (χ3v) is 8.29. The molecule has 140 valence electrons. The van der Waals surface area contributed by atoms with E-state index in [1.54, 1.807) is 5.57 Å². The van der Waals surface area contributed by atoms with Crippen molar-refractivity contribution in [2.45, 2.75) is 97.7 Å². The normalized spacial score (nSPS) is 46.9. The lowest BCUT2D eigenvalue weighted by Crippen LogP contribution is -2.50. The molecule has 0 aromatic carbocycles. The van der Waals surface area contributed by atoms with Gasteiger partial charge in [-0.2, -0.15) is 0 Å². The van der Waals surface area contributed by atoms with Crippen molar-refractivity contribution in [2.75, 3.05) is 0 Å². The molecule has 0 spiro atoms. The molecule has 25 heavy (non-hydrogen) atoms. The van der Waals surface area contributed by atoms with Gasteiger partial charge in [-0.05, 0) is 88.9 Å². The molecule has 0 heterocycles. The van der Waals surface area contributed by atoms with Gasteiger partial charge in [0.2, 0.25) is 0 Å². The number of allylic oxidation sites excluding steroid dienone is 1. The van der Waals surface area contributed by atoms with Gasteiger partial charge in [0.05, 0.1) is 11.7 Å². The van der Waals surface area contributed by atoms with Crippen LogP contribution in [-0.2, 0) is 9.53 Å². The Balaban J connectivity index is 1.57. The van der Waals surface area contributed by atoms with Crippen molar-refractivity contribution in [1.82, 2.24) is 0 Å². The van der Waals surface area contributed by atoms with Gasteiger partial charge in [-0.15, -0.1) is 0 Å². The molecule has 0 unspecified atom stereocenters. The Labute approximate surface area is 153 Å². The van der Waals surface area contributed by atoms with Gasteiger partial charge in [0, 0.05) is 11.8 Å². The standard InChI is InChI=1S/C23H36O2/c1-21(2,3)25-16-10-12-22(4)15(14-16)6-7-17-18-8-9-20(24)23(18,5)13-11-19(17)22/h6,16-19H,7-14H2,1-5H3/t16-,17+,18+,19+,22-,23+/m0/s1. The third kappa shape index (κ3) is 2.74. The van der Waals surface area contributed by atoms with Gasteiger partial charge in [-0.1, -0.05) is 25.5 Å². The summed E-state index contributed by atoms with van der Waals surface area (Å²) in [6, 6.07) is 0. The van der Waals surface area contributed by atoms with Crippen LogP contribution in [0.4, 0.5) is 0 Å². The molecule has 4 aliphatic rings. The van der Waals surface area contributed by atoms with Crippen LogP contribution in [0.25, 0.3) is 0 Å². The van der Waals surface area contributed by atoms with Crippen LogP contribution in [0.3, 0.4) is 0 Å². The van der Waals surface area contributed by atoms with Gasteiger partial charge in [0.25, 0.3) is 0 Å². The smallest absolute Gasteiger partial charge is 0.139 e. The summed E-state index contributed by atoms with van der Waals surface area (Å²) in [5.41, 5.74) is 1.97. The first-order valence-corrected chi connectivity index (χ1v) is 10.5. The first-order valence-electron chi connectivity index (χ1n) is 10.5. The number of fused-ring (bicyclic) bond motifs is 5. The van der Waals surface area contributed by atoms with E-state index in [0.717, 1.165) is 37.5 Å². The Morgan fingerprint density at radius 1 is 1.04 bits per heavy atom. The number of carbonyl (C=O) groups excluding carboxylic acids is 1. The van der Waals surface area contributed by atoms with Crippen LogP contribution in [0, 0.1) is 28.6 Å². The maximum absolute atomic E-state index is 12.5. The molecule has 2 nitrogen and oxygen atoms in total. The highest BCUT2D eigenvalue weighted by molar-refractivity contribution is 5.87. The van der Waals surface area contributed by atoms with E-state index in [-0.39, 0.29) is 11.0 Å². The largest absolute Gasteiger partial charge is 0.372 e. The van der Waals surface area contributed by atoms with E-state index in [9.17, 15) is 4.79 Å². The van der Waals surface area contributed by atoms with E-state index in [1.165, 1.54) is 25.7 Å². The van der Waals surface area contributed by atoms with E-state index < -0.39 is 0 Å². The highest BCUT2D eigenvalue weighted by Crippen LogP contribution is 2.64. The topological polar surface area (TPSA) is 26.3 Å². The number of hydrogen-bond acceptors (Lipinski definition) is 2. The van der Waals surface area contributed by atoms with Crippen LogP contribution in [0.5, 0.6) is 0 Å². The number of Topliss-reactive ketones (excluding diaryl/α,β-unsaturated/α-hetero) is 1. The summed E-state index contributed by atoms with van der Waals surface area (Å²) < 4.78 is 6.32. The fourth-order valence-electron chi connectivity index (χ4n) is 7.00. The summed E-state index contributed by atoms with van der Waals surface area (Å²) >= 11 is 0. The maximum Gasteiger partial charge on any atom is 0.139 e. The Hall–Kier alpha value is -0.630. The average Bonchev–Trinajstić information content (AvgIpc) is 2.82. The molecule has 0 radical (unpaired) electrons. The summed E-state index contributed by atoms with van der Waals surface area (Å²) in [5, 5.41) is 0. The molecule has 0 aromatic heterocycles. The molecule has 0 saturated heterocycles. The number of ether oxygens (including phenoxy) is 1. The summed E-state index contributed by atoms with van der Waals surface area (Å²) in [6.45, 7) is 11.3. The number of ketones is 1. The van der Waals surface area contributed by atoms with Crippen LogP contribution < -0.4 is 0 Å². The van der Waals surface area contributed by atoms with Gasteiger partial charge < -0.3 is 4.74 Å². The van der Waals surface area contributed by atoms with Crippen LogP contribution in [0.15, 0.2) is 11.6 Å². The van der Waals surface area contributed by atoms with Gasteiger partial charge in [0.15, 0.2) is 0 Å². The lowest BCUT2D eigenvalue weighted by molar-refractivity contribution is -0.132. The second-order valence-corrected chi connectivity index (χ2v) is 10.8. The lowest BCUT2D eigenvalue weighted by atomic mass is 9.48. The highest BCUT2D eigenvalue weighted by atomic mass is 16.5.